The van der Waals surface area contributed by atoms with Crippen molar-refractivity contribution in [2.75, 3.05) is 27.4 Å². The number of carbonyl (C=O) groups is 1. The van der Waals surface area contributed by atoms with Gasteiger partial charge in [0.2, 0.25) is 0 Å². The van der Waals surface area contributed by atoms with Gasteiger partial charge < -0.3 is 24.6 Å². The number of methoxy groups -OCH3 is 2. The second-order valence-corrected chi connectivity index (χ2v) is 8.55. The second-order valence-electron chi connectivity index (χ2n) is 8.55. The van der Waals surface area contributed by atoms with Gasteiger partial charge in [-0.2, -0.15) is 13.2 Å². The first-order chi connectivity index (χ1) is 18.0. The molecule has 0 saturated heterocycles. The lowest BCUT2D eigenvalue weighted by Crippen LogP contribution is -2.24. The third-order valence-electron chi connectivity index (χ3n) is 5.96. The normalized spacial score (nSPS) is 12.2. The summed E-state index contributed by atoms with van der Waals surface area (Å²) in [4.78, 5) is 11.0. The van der Waals surface area contributed by atoms with E-state index in [4.69, 9.17) is 19.3 Å². The van der Waals surface area contributed by atoms with Crippen LogP contribution >= 0.6 is 0 Å². The highest BCUT2D eigenvalue weighted by molar-refractivity contribution is 5.75. The van der Waals surface area contributed by atoms with Crippen molar-refractivity contribution in [1.82, 2.24) is 5.32 Å². The van der Waals surface area contributed by atoms with Crippen LogP contribution in [-0.4, -0.2) is 38.4 Å². The first-order valence-corrected chi connectivity index (χ1v) is 11.8. The topological polar surface area (TPSA) is 77.0 Å². The number of aliphatic carboxylic acids is 1. The third kappa shape index (κ3) is 7.38. The number of rotatable bonds is 12. The summed E-state index contributed by atoms with van der Waals surface area (Å²) in [6.07, 6.45) is -5.21. The number of carboxylic acid groups (broad SMARTS) is 1. The Morgan fingerprint density at radius 1 is 1.03 bits per heavy atom. The zero-order valence-electron chi connectivity index (χ0n) is 21.2. The van der Waals surface area contributed by atoms with Gasteiger partial charge in [0.05, 0.1) is 19.8 Å². The second kappa shape index (κ2) is 12.6. The fraction of sp³-hybridized carbons (Fsp3) is 0.321. The van der Waals surface area contributed by atoms with Crippen molar-refractivity contribution in [2.45, 2.75) is 32.0 Å². The number of hydrogen-bond donors (Lipinski definition) is 2. The number of ether oxygens (including phenoxy) is 3. The molecule has 1 atom stereocenters. The molecule has 0 radical (unpaired) electrons. The van der Waals surface area contributed by atoms with Crippen LogP contribution in [0.3, 0.4) is 0 Å². The molecule has 204 valence electrons. The van der Waals surface area contributed by atoms with Crippen LogP contribution in [0.1, 0.15) is 36.1 Å². The summed E-state index contributed by atoms with van der Waals surface area (Å²) in [5.74, 6) is -1.17. The minimum atomic E-state index is -4.66. The van der Waals surface area contributed by atoms with Gasteiger partial charge in [0.25, 0.3) is 0 Å². The summed E-state index contributed by atoms with van der Waals surface area (Å²) in [6.45, 7) is 2.38. The quantitative estimate of drug-likeness (QED) is 0.210. The van der Waals surface area contributed by atoms with Crippen molar-refractivity contribution in [1.29, 1.82) is 0 Å². The summed E-state index contributed by atoms with van der Waals surface area (Å²) < 4.78 is 71.8. The molecule has 0 heterocycles. The molecule has 0 aliphatic rings. The molecule has 0 spiro atoms. The lowest BCUT2D eigenvalue weighted by molar-refractivity contribution is -0.138. The Labute approximate surface area is 218 Å². The molecule has 0 aliphatic carbocycles. The third-order valence-corrected chi connectivity index (χ3v) is 5.96. The van der Waals surface area contributed by atoms with Gasteiger partial charge in [-0.15, -0.1) is 0 Å². The fourth-order valence-electron chi connectivity index (χ4n) is 4.00. The van der Waals surface area contributed by atoms with E-state index in [0.717, 1.165) is 23.8 Å². The van der Waals surface area contributed by atoms with Crippen LogP contribution in [0.4, 0.5) is 17.6 Å². The largest absolute Gasteiger partial charge is 0.497 e. The zero-order valence-corrected chi connectivity index (χ0v) is 21.2. The van der Waals surface area contributed by atoms with Crippen molar-refractivity contribution in [2.24, 2.45) is 0 Å². The minimum absolute atomic E-state index is 0.0229. The number of alkyl halides is 3. The Morgan fingerprint density at radius 3 is 2.45 bits per heavy atom. The maximum Gasteiger partial charge on any atom is 0.416 e. The van der Waals surface area contributed by atoms with Gasteiger partial charge in [-0.25, -0.2) is 4.39 Å². The summed E-state index contributed by atoms with van der Waals surface area (Å²) in [6, 6.07) is 13.1. The van der Waals surface area contributed by atoms with Gasteiger partial charge in [-0.1, -0.05) is 12.1 Å². The Kier molecular flexibility index (Phi) is 9.57. The first kappa shape index (κ1) is 28.8. The van der Waals surface area contributed by atoms with E-state index in [1.807, 2.05) is 31.2 Å². The summed E-state index contributed by atoms with van der Waals surface area (Å²) in [5.41, 5.74) is 0.299. The van der Waals surface area contributed by atoms with Gasteiger partial charge in [0, 0.05) is 30.1 Å². The van der Waals surface area contributed by atoms with E-state index in [2.05, 4.69) is 5.32 Å². The number of halogens is 4. The first-order valence-electron chi connectivity index (χ1n) is 11.8. The molecule has 0 aliphatic heterocycles. The van der Waals surface area contributed by atoms with Gasteiger partial charge in [-0.05, 0) is 66.9 Å². The zero-order chi connectivity index (χ0) is 27.9. The Balaban J connectivity index is 1.83. The molecule has 0 aromatic heterocycles. The Morgan fingerprint density at radius 2 is 1.79 bits per heavy atom. The molecule has 38 heavy (non-hydrogen) atoms. The number of nitrogens with one attached hydrogen (secondary N) is 1. The van der Waals surface area contributed by atoms with Crippen molar-refractivity contribution in [3.8, 4) is 28.4 Å². The predicted molar refractivity (Wildman–Crippen MR) is 134 cm³/mol. The van der Waals surface area contributed by atoms with Gasteiger partial charge in [0.1, 0.15) is 29.7 Å². The van der Waals surface area contributed by atoms with Crippen LogP contribution in [0, 0.1) is 5.82 Å². The van der Waals surface area contributed by atoms with E-state index in [-0.39, 0.29) is 53.7 Å². The smallest absolute Gasteiger partial charge is 0.416 e. The molecule has 0 amide bonds. The monoisotopic (exact) mass is 535 g/mol. The molecule has 2 N–H and O–H groups in total. The SMILES string of the molecule is COc1cccc(C(C)NCCOc2cc(-c3ccc(F)c(CCC(=O)O)c3OC)cc(C(F)(F)F)c2)c1. The summed E-state index contributed by atoms with van der Waals surface area (Å²) in [7, 11) is 2.83. The van der Waals surface area contributed by atoms with E-state index in [9.17, 15) is 22.4 Å². The average molecular weight is 536 g/mol. The van der Waals surface area contributed by atoms with Crippen molar-refractivity contribution in [3.63, 3.8) is 0 Å². The summed E-state index contributed by atoms with van der Waals surface area (Å²) >= 11 is 0. The maximum atomic E-state index is 14.5. The average Bonchev–Trinajstić information content (AvgIpc) is 2.89. The Bertz CT molecular complexity index is 1260. The van der Waals surface area contributed by atoms with Crippen LogP contribution in [-0.2, 0) is 17.4 Å². The molecule has 1 unspecified atom stereocenters. The molecule has 0 saturated carbocycles. The van der Waals surface area contributed by atoms with E-state index >= 15 is 0 Å². The van der Waals surface area contributed by atoms with Crippen molar-refractivity contribution in [3.05, 3.63) is 77.1 Å². The maximum absolute atomic E-state index is 14.5. The van der Waals surface area contributed by atoms with Gasteiger partial charge >= 0.3 is 12.1 Å². The van der Waals surface area contributed by atoms with Crippen molar-refractivity contribution >= 4 is 5.97 Å². The summed E-state index contributed by atoms with van der Waals surface area (Å²) in [5, 5.41) is 12.2. The minimum Gasteiger partial charge on any atom is -0.497 e. The molecule has 3 aromatic rings. The number of hydrogen-bond acceptors (Lipinski definition) is 5. The molecular formula is C28H29F4NO5. The van der Waals surface area contributed by atoms with E-state index < -0.39 is 23.5 Å². The standard InChI is InChI=1S/C28H29F4NO5/c1-17(18-5-4-6-21(14-18)36-2)33-11-12-38-22-15-19(13-20(16-22)28(30,31)32)23-7-9-25(29)24(27(23)37-3)8-10-26(34)35/h4-7,9,13-17,33H,8,10-12H2,1-3H3,(H,34,35). The van der Waals surface area contributed by atoms with Crippen LogP contribution in [0.15, 0.2) is 54.6 Å². The predicted octanol–water partition coefficient (Wildman–Crippen LogP) is 6.28. The van der Waals surface area contributed by atoms with E-state index in [0.29, 0.717) is 12.3 Å². The molecule has 6 nitrogen and oxygen atoms in total. The highest BCUT2D eigenvalue weighted by atomic mass is 19.4. The van der Waals surface area contributed by atoms with Crippen LogP contribution < -0.4 is 19.5 Å². The van der Waals surface area contributed by atoms with Gasteiger partial charge in [0.15, 0.2) is 0 Å². The van der Waals surface area contributed by atoms with E-state index in [1.165, 1.54) is 19.2 Å². The van der Waals surface area contributed by atoms with Crippen LogP contribution in [0.5, 0.6) is 17.2 Å². The molecule has 10 heteroatoms. The molecule has 3 rings (SSSR count). The lowest BCUT2D eigenvalue weighted by Gasteiger charge is -2.18. The van der Waals surface area contributed by atoms with Crippen LogP contribution in [0.25, 0.3) is 11.1 Å². The molecule has 0 bridgehead atoms. The van der Waals surface area contributed by atoms with Crippen molar-refractivity contribution < 1.29 is 41.7 Å². The molecule has 0 fully saturated rings. The highest BCUT2D eigenvalue weighted by Gasteiger charge is 2.32. The number of carboxylic acids is 1. The van der Waals surface area contributed by atoms with Gasteiger partial charge in [-0.3, -0.25) is 4.79 Å². The molecular weight excluding hydrogens is 506 g/mol. The Hall–Kier alpha value is -3.79. The molecule has 3 aromatic carbocycles. The lowest BCUT2D eigenvalue weighted by atomic mass is 9.96. The number of benzene rings is 3. The van der Waals surface area contributed by atoms with E-state index in [1.54, 1.807) is 7.11 Å². The fourth-order valence-corrected chi connectivity index (χ4v) is 4.00. The highest BCUT2D eigenvalue weighted by Crippen LogP contribution is 2.40. The van der Waals surface area contributed by atoms with Crippen LogP contribution in [0.2, 0.25) is 0 Å².